The highest BCUT2D eigenvalue weighted by atomic mass is 16.4. The Kier molecular flexibility index (Phi) is 51.3. The van der Waals surface area contributed by atoms with Crippen LogP contribution in [-0.4, -0.2) is 337 Å². The monoisotopic (exact) mass is 1990 g/mol. The number of nitrogens with zero attached hydrogens (tertiary/aromatic N) is 2. The SMILES string of the molecule is CC(C)C[C@H](NC(=O)[C@H](CC(C)C)NC(=O)[C@H](CO)NC(=O)[C@H](Cc1ccccc1)NC(=O)[C@H](CC(N)=O)NC(=O)[C@@H](NC(=O)[C@H](C)N)[C@@H](C)O)C(=O)N[C@@H](CCCCN)C(=O)N[C@@H](CCC(N)=O)C(=O)N[C@@H](C)C(=O)NCC(=O)N[C@@H](CC(=O)O)C(=O)N[C@H](C(=O)N[C@@H](CCC(=O)O)C(=O)N[C@@H](CCC(=O)O)C(=O)N[C@@H](CC(N)=O)C(=O)N1CCC[C@H]1C(=O)NCC(=O)N1CCC[C@H]1C(=O)O)C(C)C. The molecule has 140 heavy (non-hydrogen) atoms. The molecule has 0 bridgehead atoms. The molecule has 0 radical (unpaired) electrons. The van der Waals surface area contributed by atoms with Crippen molar-refractivity contribution in [3.05, 3.63) is 35.9 Å². The maximum atomic E-state index is 14.6. The van der Waals surface area contributed by atoms with Gasteiger partial charge in [0.1, 0.15) is 96.7 Å². The molecule has 780 valence electrons. The zero-order valence-electron chi connectivity index (χ0n) is 79.4. The second kappa shape index (κ2) is 59.8. The Hall–Kier alpha value is -14.2. The van der Waals surface area contributed by atoms with Crippen molar-refractivity contribution in [2.24, 2.45) is 46.4 Å². The number of likely N-dealkylation sites (tertiary alicyclic amines) is 2. The van der Waals surface area contributed by atoms with Gasteiger partial charge in [0, 0.05) is 38.8 Å². The van der Waals surface area contributed by atoms with Crippen LogP contribution in [0.4, 0.5) is 0 Å². The van der Waals surface area contributed by atoms with Crippen LogP contribution in [0.3, 0.4) is 0 Å². The van der Waals surface area contributed by atoms with E-state index in [9.17, 15) is 151 Å². The van der Waals surface area contributed by atoms with Crippen molar-refractivity contribution < 1.29 is 151 Å². The molecule has 3 rings (SSSR count). The average Bonchev–Trinajstić information content (AvgIpc) is 1.64. The van der Waals surface area contributed by atoms with Crippen LogP contribution in [0.25, 0.3) is 0 Å². The van der Waals surface area contributed by atoms with Gasteiger partial charge in [-0.25, -0.2) is 4.79 Å². The Morgan fingerprint density at radius 2 is 0.800 bits per heavy atom. The number of carbonyl (C=O) groups is 25. The largest absolute Gasteiger partial charge is 0.481 e. The first-order valence-electron chi connectivity index (χ1n) is 45.5. The van der Waals surface area contributed by atoms with E-state index in [0.29, 0.717) is 12.0 Å². The second-order valence-electron chi connectivity index (χ2n) is 35.1. The minimum Gasteiger partial charge on any atom is -0.481 e. The number of aliphatic carboxylic acids is 4. The number of nitrogens with one attached hydrogen (secondary N) is 16. The lowest BCUT2D eigenvalue weighted by atomic mass is 9.99. The number of hydrogen-bond acceptors (Lipinski definition) is 29. The number of hydrogen-bond donors (Lipinski definition) is 27. The van der Waals surface area contributed by atoms with Gasteiger partial charge in [0.15, 0.2) is 0 Å². The summed E-state index contributed by atoms with van der Waals surface area (Å²) in [5.41, 5.74) is 28.2. The summed E-state index contributed by atoms with van der Waals surface area (Å²) in [6.07, 6.45) is -8.66. The van der Waals surface area contributed by atoms with Crippen molar-refractivity contribution in [2.75, 3.05) is 39.3 Å². The van der Waals surface area contributed by atoms with Crippen LogP contribution < -0.4 is 114 Å². The Balaban J connectivity index is 1.82. The van der Waals surface area contributed by atoms with Crippen molar-refractivity contribution in [1.29, 1.82) is 0 Å². The number of rotatable bonds is 63. The van der Waals surface area contributed by atoms with Crippen molar-refractivity contribution in [1.82, 2.24) is 94.9 Å². The Morgan fingerprint density at radius 1 is 0.393 bits per heavy atom. The smallest absolute Gasteiger partial charge is 0.326 e. The fourth-order valence-electron chi connectivity index (χ4n) is 14.6. The average molecular weight is 1990 g/mol. The quantitative estimate of drug-likeness (QED) is 0.0269. The van der Waals surface area contributed by atoms with Crippen LogP contribution in [0, 0.1) is 17.8 Å². The minimum atomic E-state index is -2.08. The number of primary amides is 3. The number of unbranched alkanes of at least 4 members (excludes halogenated alkanes) is 1. The molecule has 32 N–H and O–H groups in total. The summed E-state index contributed by atoms with van der Waals surface area (Å²) >= 11 is 0. The summed E-state index contributed by atoms with van der Waals surface area (Å²) in [7, 11) is 0. The molecule has 1 aromatic carbocycles. The molecular weight excluding hydrogens is 1850 g/mol. The van der Waals surface area contributed by atoms with Crippen LogP contribution in [-0.2, 0) is 126 Å². The lowest BCUT2D eigenvalue weighted by molar-refractivity contribution is -0.148. The lowest BCUT2D eigenvalue weighted by Crippen LogP contribution is -2.62. The summed E-state index contributed by atoms with van der Waals surface area (Å²) in [6, 6.07) is -20.5. The predicted octanol–water partition coefficient (Wildman–Crippen LogP) is -10.8. The summed E-state index contributed by atoms with van der Waals surface area (Å²) in [6.45, 7) is 10.1. The molecule has 2 aliphatic heterocycles. The van der Waals surface area contributed by atoms with Gasteiger partial charge in [-0.15, -0.1) is 0 Å². The number of nitrogens with two attached hydrogens (primary N) is 5. The maximum absolute atomic E-state index is 14.6. The molecule has 0 spiro atoms. The Morgan fingerprint density at radius 3 is 1.27 bits per heavy atom. The van der Waals surface area contributed by atoms with E-state index >= 15 is 0 Å². The molecule has 0 aliphatic carbocycles. The second-order valence-corrected chi connectivity index (χ2v) is 35.1. The molecule has 21 amide bonds. The third-order valence-electron chi connectivity index (χ3n) is 22.0. The van der Waals surface area contributed by atoms with Gasteiger partial charge in [0.05, 0.1) is 51.1 Å². The first-order valence-corrected chi connectivity index (χ1v) is 45.5. The standard InChI is InChI=1S/C86H135N23O31/c1-40(2)31-51(100-77(130)52(32-41(3)4)101-81(134)57(39-110)105-78(131)53(33-46-17-11-10-12-18-46)102-79(132)54(34-61(90)113)103-84(137)69(45(9)111)107-70(123)43(7)88)76(129)96-47(19-13-14-28-87)73(126)97-48(22-25-60(89)112)72(125)94-44(8)71(124)92-37-63(115)95-55(36-67(121)122)80(133)106-68(42(5)6)83(136)99-50(24-27-66(119)120)74(127)98-49(23-26-65(117)118)75(128)104-56(35-62(91)114)85(138)109-30-15-20-58(109)82(135)93-38-64(116)108-29-16-21-59(108)86(139)140/h10-12,17-18,40-45,47-59,68-69,110-111H,13-16,19-39,87-88H2,1-9H3,(H2,89,112)(H2,90,113)(H2,91,114)(H,92,124)(H,93,135)(H,94,125)(H,95,115)(H,96,129)(H,97,126)(H,98,127)(H,99,136)(H,100,130)(H,101,134)(H,102,132)(H,103,137)(H,104,128)(H,105,131)(H,106,133)(H,107,123)(H,117,118)(H,119,120)(H,121,122)(H,139,140)/t43-,44-,45+,47-,48-,49-,50-,51-,52-,53-,54-,55-,56-,57-,58-,59-,68-,69-/m0/s1. The molecule has 54 nitrogen and oxygen atoms in total. The molecular formula is C86H135N23O31. The fourth-order valence-corrected chi connectivity index (χ4v) is 14.6. The van der Waals surface area contributed by atoms with Gasteiger partial charge in [0.2, 0.25) is 124 Å². The van der Waals surface area contributed by atoms with Crippen molar-refractivity contribution in [3.8, 4) is 0 Å². The Bertz CT molecular complexity index is 4580. The van der Waals surface area contributed by atoms with E-state index in [0.717, 1.165) is 23.6 Å². The number of carboxylic acids is 4. The van der Waals surface area contributed by atoms with E-state index in [-0.39, 0.29) is 77.4 Å². The number of aliphatic hydroxyl groups is 2. The minimum absolute atomic E-state index is 0.00497. The van der Waals surface area contributed by atoms with E-state index in [4.69, 9.17) is 28.7 Å². The van der Waals surface area contributed by atoms with E-state index in [2.05, 4.69) is 85.1 Å². The van der Waals surface area contributed by atoms with Gasteiger partial charge in [-0.2, -0.15) is 0 Å². The van der Waals surface area contributed by atoms with E-state index in [1.54, 1.807) is 58.0 Å². The van der Waals surface area contributed by atoms with Crippen molar-refractivity contribution in [3.63, 3.8) is 0 Å². The number of aliphatic hydroxyl groups excluding tert-OH is 2. The number of benzene rings is 1. The zero-order chi connectivity index (χ0) is 106. The molecule has 2 saturated heterocycles. The molecule has 2 aliphatic rings. The van der Waals surface area contributed by atoms with E-state index in [1.165, 1.54) is 20.8 Å². The van der Waals surface area contributed by atoms with Gasteiger partial charge >= 0.3 is 23.9 Å². The van der Waals surface area contributed by atoms with Crippen molar-refractivity contribution >= 4 is 148 Å². The molecule has 0 unspecified atom stereocenters. The van der Waals surface area contributed by atoms with Crippen LogP contribution in [0.5, 0.6) is 0 Å². The third-order valence-corrected chi connectivity index (χ3v) is 22.0. The molecule has 0 saturated carbocycles. The summed E-state index contributed by atoms with van der Waals surface area (Å²) < 4.78 is 0. The molecule has 2 fully saturated rings. The number of carbonyl (C=O) groups excluding carboxylic acids is 21. The first-order chi connectivity index (χ1) is 65.6. The van der Waals surface area contributed by atoms with E-state index < -0.39 is 352 Å². The molecule has 18 atom stereocenters. The number of amides is 21. The van der Waals surface area contributed by atoms with Gasteiger partial charge in [-0.3, -0.25) is 115 Å². The normalized spacial score (nSPS) is 16.7. The highest BCUT2D eigenvalue weighted by molar-refractivity contribution is 6.03. The van der Waals surface area contributed by atoms with Crippen LogP contribution >= 0.6 is 0 Å². The highest BCUT2D eigenvalue weighted by Gasteiger charge is 2.44. The zero-order valence-corrected chi connectivity index (χ0v) is 79.4. The van der Waals surface area contributed by atoms with Crippen LogP contribution in [0.2, 0.25) is 0 Å². The predicted molar refractivity (Wildman–Crippen MR) is 487 cm³/mol. The molecule has 1 aromatic rings. The highest BCUT2D eigenvalue weighted by Crippen LogP contribution is 2.23. The number of carboxylic acid groups (broad SMARTS) is 4. The van der Waals surface area contributed by atoms with Crippen molar-refractivity contribution in [2.45, 2.75) is 293 Å². The van der Waals surface area contributed by atoms with Crippen LogP contribution in [0.1, 0.15) is 183 Å². The Labute approximate surface area is 804 Å². The van der Waals surface area contributed by atoms with Gasteiger partial charge in [-0.05, 0) is 128 Å². The van der Waals surface area contributed by atoms with Gasteiger partial charge < -0.3 is 154 Å². The summed E-state index contributed by atoms with van der Waals surface area (Å²) in [4.78, 5) is 337. The van der Waals surface area contributed by atoms with Gasteiger partial charge in [0.25, 0.3) is 0 Å². The fraction of sp³-hybridized carbons (Fsp3) is 0.640. The molecule has 0 aromatic heterocycles. The summed E-state index contributed by atoms with van der Waals surface area (Å²) in [5.74, 6) is -31.3. The van der Waals surface area contributed by atoms with Gasteiger partial charge in [-0.1, -0.05) is 71.9 Å². The first kappa shape index (κ1) is 120. The third kappa shape index (κ3) is 42.4. The summed E-state index contributed by atoms with van der Waals surface area (Å²) in [5, 5.41) is 96.9. The molecule has 54 heteroatoms. The topological polar surface area (TPSA) is 877 Å². The molecule has 2 heterocycles. The maximum Gasteiger partial charge on any atom is 0.326 e. The van der Waals surface area contributed by atoms with E-state index in [1.807, 2.05) is 0 Å². The van der Waals surface area contributed by atoms with Crippen LogP contribution in [0.15, 0.2) is 30.3 Å². The lowest BCUT2D eigenvalue weighted by Gasteiger charge is -2.30.